The van der Waals surface area contributed by atoms with Crippen LogP contribution >= 0.6 is 15.9 Å². The highest BCUT2D eigenvalue weighted by Crippen LogP contribution is 2.37. The van der Waals surface area contributed by atoms with Gasteiger partial charge in [-0.15, -0.1) is 0 Å². The first kappa shape index (κ1) is 12.9. The minimum Gasteiger partial charge on any atom is -0.379 e. The number of hydrogen-bond acceptors (Lipinski definition) is 1. The molecular formula is C14H19BrFN. The van der Waals surface area contributed by atoms with Gasteiger partial charge < -0.3 is 5.32 Å². The summed E-state index contributed by atoms with van der Waals surface area (Å²) in [6.45, 7) is 4.53. The normalized spacial score (nSPS) is 23.4. The predicted molar refractivity (Wildman–Crippen MR) is 73.8 cm³/mol. The Hall–Kier alpha value is -0.570. The minimum atomic E-state index is -0.172. The van der Waals surface area contributed by atoms with Crippen LogP contribution in [0, 0.1) is 11.2 Å². The van der Waals surface area contributed by atoms with Crippen molar-refractivity contribution in [2.45, 2.75) is 45.6 Å². The van der Waals surface area contributed by atoms with Gasteiger partial charge in [0.05, 0.1) is 5.69 Å². The number of benzene rings is 1. The van der Waals surface area contributed by atoms with Gasteiger partial charge in [-0.3, -0.25) is 0 Å². The van der Waals surface area contributed by atoms with E-state index < -0.39 is 0 Å². The molecule has 3 heteroatoms. The zero-order chi connectivity index (χ0) is 12.5. The summed E-state index contributed by atoms with van der Waals surface area (Å²) in [4.78, 5) is 0. The molecule has 0 aromatic heterocycles. The first-order chi connectivity index (χ1) is 7.99. The second kappa shape index (κ2) is 4.97. The first-order valence-electron chi connectivity index (χ1n) is 6.21. The van der Waals surface area contributed by atoms with Gasteiger partial charge in [-0.2, -0.15) is 0 Å². The Morgan fingerprint density at radius 3 is 2.82 bits per heavy atom. The van der Waals surface area contributed by atoms with Crippen LogP contribution in [0.15, 0.2) is 22.7 Å². The first-order valence-corrected chi connectivity index (χ1v) is 7.00. The molecule has 1 aliphatic carbocycles. The van der Waals surface area contributed by atoms with Crippen LogP contribution < -0.4 is 5.32 Å². The third kappa shape index (κ3) is 3.01. The molecule has 94 valence electrons. The van der Waals surface area contributed by atoms with Crippen LogP contribution in [0.3, 0.4) is 0 Å². The van der Waals surface area contributed by atoms with Crippen LogP contribution in [0.5, 0.6) is 0 Å². The second-order valence-electron chi connectivity index (χ2n) is 5.56. The topological polar surface area (TPSA) is 12.0 Å². The summed E-state index contributed by atoms with van der Waals surface area (Å²) >= 11 is 3.38. The molecule has 0 amide bonds. The average Bonchev–Trinajstić information content (AvgIpc) is 2.26. The fraction of sp³-hybridized carbons (Fsp3) is 0.571. The van der Waals surface area contributed by atoms with Crippen LogP contribution in [-0.2, 0) is 0 Å². The van der Waals surface area contributed by atoms with Crippen LogP contribution in [0.4, 0.5) is 10.1 Å². The number of nitrogens with one attached hydrogen (secondary N) is 1. The van der Waals surface area contributed by atoms with E-state index >= 15 is 0 Å². The highest BCUT2D eigenvalue weighted by Gasteiger charge is 2.32. The van der Waals surface area contributed by atoms with Crippen molar-refractivity contribution in [3.05, 3.63) is 28.5 Å². The summed E-state index contributed by atoms with van der Waals surface area (Å²) in [5.41, 5.74) is 0.854. The standard InChI is InChI=1S/C14H19BrFN/c1-14(2)8-4-3-5-13(14)17-12-9-10(15)6-7-11(12)16/h6-7,9,13,17H,3-5,8H2,1-2H3. The van der Waals surface area contributed by atoms with Gasteiger partial charge in [0, 0.05) is 10.5 Å². The second-order valence-corrected chi connectivity index (χ2v) is 6.47. The molecule has 1 N–H and O–H groups in total. The van der Waals surface area contributed by atoms with Crippen LogP contribution in [0.25, 0.3) is 0 Å². The van der Waals surface area contributed by atoms with E-state index in [0.29, 0.717) is 11.7 Å². The number of hydrogen-bond donors (Lipinski definition) is 1. The minimum absolute atomic E-state index is 0.172. The van der Waals surface area contributed by atoms with Gasteiger partial charge in [-0.25, -0.2) is 4.39 Å². The lowest BCUT2D eigenvalue weighted by atomic mass is 9.73. The fourth-order valence-corrected chi connectivity index (χ4v) is 2.92. The molecule has 0 heterocycles. The highest BCUT2D eigenvalue weighted by molar-refractivity contribution is 9.10. The summed E-state index contributed by atoms with van der Waals surface area (Å²) in [6, 6.07) is 5.41. The molecule has 1 fully saturated rings. The molecule has 1 unspecified atom stereocenters. The van der Waals surface area contributed by atoms with Crippen molar-refractivity contribution in [1.82, 2.24) is 0 Å². The molecule has 0 saturated heterocycles. The van der Waals surface area contributed by atoms with Crippen LogP contribution in [0.2, 0.25) is 0 Å². The molecule has 17 heavy (non-hydrogen) atoms. The van der Waals surface area contributed by atoms with Crippen molar-refractivity contribution in [3.63, 3.8) is 0 Å². The van der Waals surface area contributed by atoms with Gasteiger partial charge in [0.25, 0.3) is 0 Å². The Balaban J connectivity index is 2.16. The van der Waals surface area contributed by atoms with Gasteiger partial charge in [-0.1, -0.05) is 42.6 Å². The molecule has 1 atom stereocenters. The van der Waals surface area contributed by atoms with Crippen molar-refractivity contribution in [1.29, 1.82) is 0 Å². The van der Waals surface area contributed by atoms with Crippen molar-refractivity contribution < 1.29 is 4.39 Å². The molecule has 2 rings (SSSR count). The molecule has 0 bridgehead atoms. The quantitative estimate of drug-likeness (QED) is 0.813. The van der Waals surface area contributed by atoms with E-state index in [2.05, 4.69) is 35.1 Å². The molecule has 0 spiro atoms. The van der Waals surface area contributed by atoms with E-state index in [1.807, 2.05) is 6.07 Å². The summed E-state index contributed by atoms with van der Waals surface area (Å²) in [6.07, 6.45) is 4.85. The van der Waals surface area contributed by atoms with E-state index in [4.69, 9.17) is 0 Å². The average molecular weight is 300 g/mol. The van der Waals surface area contributed by atoms with Crippen molar-refractivity contribution in [3.8, 4) is 0 Å². The summed E-state index contributed by atoms with van der Waals surface area (Å²) < 4.78 is 14.6. The van der Waals surface area contributed by atoms with E-state index in [1.165, 1.54) is 25.3 Å². The monoisotopic (exact) mass is 299 g/mol. The lowest BCUT2D eigenvalue weighted by Crippen LogP contribution is -2.39. The highest BCUT2D eigenvalue weighted by atomic mass is 79.9. The third-order valence-electron chi connectivity index (χ3n) is 3.77. The predicted octanol–water partition coefficient (Wildman–Crippen LogP) is 4.97. The SMILES string of the molecule is CC1(C)CCCCC1Nc1cc(Br)ccc1F. The Morgan fingerprint density at radius 2 is 2.12 bits per heavy atom. The molecule has 1 aromatic rings. The van der Waals surface area contributed by atoms with E-state index in [0.717, 1.165) is 10.9 Å². The Morgan fingerprint density at radius 1 is 1.35 bits per heavy atom. The van der Waals surface area contributed by atoms with E-state index in [9.17, 15) is 4.39 Å². The largest absolute Gasteiger partial charge is 0.379 e. The van der Waals surface area contributed by atoms with Crippen molar-refractivity contribution in [2.24, 2.45) is 5.41 Å². The van der Waals surface area contributed by atoms with Crippen molar-refractivity contribution >= 4 is 21.6 Å². The Bertz CT molecular complexity index is 403. The molecule has 0 radical (unpaired) electrons. The zero-order valence-corrected chi connectivity index (χ0v) is 12.0. The molecule has 1 aromatic carbocycles. The van der Waals surface area contributed by atoms with Gasteiger partial charge in [0.1, 0.15) is 5.82 Å². The summed E-state index contributed by atoms with van der Waals surface area (Å²) in [7, 11) is 0. The van der Waals surface area contributed by atoms with Crippen molar-refractivity contribution in [2.75, 3.05) is 5.32 Å². The van der Waals surface area contributed by atoms with E-state index in [-0.39, 0.29) is 11.2 Å². The number of anilines is 1. The molecular weight excluding hydrogens is 281 g/mol. The third-order valence-corrected chi connectivity index (χ3v) is 4.26. The smallest absolute Gasteiger partial charge is 0.146 e. The fourth-order valence-electron chi connectivity index (χ4n) is 2.56. The maximum atomic E-state index is 13.7. The molecule has 1 nitrogen and oxygen atoms in total. The maximum absolute atomic E-state index is 13.7. The maximum Gasteiger partial charge on any atom is 0.146 e. The van der Waals surface area contributed by atoms with Gasteiger partial charge >= 0.3 is 0 Å². The Kier molecular flexibility index (Phi) is 3.76. The number of halogens is 2. The number of rotatable bonds is 2. The zero-order valence-electron chi connectivity index (χ0n) is 10.4. The van der Waals surface area contributed by atoms with Gasteiger partial charge in [0.15, 0.2) is 0 Å². The molecule has 1 aliphatic rings. The van der Waals surface area contributed by atoms with Crippen LogP contribution in [0.1, 0.15) is 39.5 Å². The summed E-state index contributed by atoms with van der Waals surface area (Å²) in [5, 5.41) is 3.38. The van der Waals surface area contributed by atoms with Crippen LogP contribution in [-0.4, -0.2) is 6.04 Å². The lowest BCUT2D eigenvalue weighted by molar-refractivity contribution is 0.216. The van der Waals surface area contributed by atoms with Gasteiger partial charge in [0.2, 0.25) is 0 Å². The Labute approximate surface area is 111 Å². The lowest BCUT2D eigenvalue weighted by Gasteiger charge is -2.39. The van der Waals surface area contributed by atoms with Gasteiger partial charge in [-0.05, 0) is 36.5 Å². The molecule has 0 aliphatic heterocycles. The molecule has 1 saturated carbocycles. The van der Waals surface area contributed by atoms with E-state index in [1.54, 1.807) is 6.07 Å². The summed E-state index contributed by atoms with van der Waals surface area (Å²) in [5.74, 6) is -0.172.